The number of benzene rings is 1. The van der Waals surface area contributed by atoms with Crippen molar-refractivity contribution in [1.29, 1.82) is 0 Å². The Bertz CT molecular complexity index is 935. The van der Waals surface area contributed by atoms with Crippen LogP contribution in [-0.4, -0.2) is 44.3 Å². The summed E-state index contributed by atoms with van der Waals surface area (Å²) in [5, 5.41) is 4.18. The van der Waals surface area contributed by atoms with E-state index in [4.69, 9.17) is 0 Å². The van der Waals surface area contributed by atoms with Crippen LogP contribution in [0.15, 0.2) is 55.0 Å². The van der Waals surface area contributed by atoms with Crippen LogP contribution in [0, 0.1) is 5.92 Å². The first-order valence-electron chi connectivity index (χ1n) is 8.86. The third kappa shape index (κ3) is 3.22. The molecule has 1 unspecified atom stereocenters. The summed E-state index contributed by atoms with van der Waals surface area (Å²) in [7, 11) is 0. The van der Waals surface area contributed by atoms with Gasteiger partial charge >= 0.3 is 0 Å². The van der Waals surface area contributed by atoms with Crippen LogP contribution in [0.5, 0.6) is 0 Å². The molecule has 3 aromatic rings. The van der Waals surface area contributed by atoms with Crippen molar-refractivity contribution in [2.24, 2.45) is 5.92 Å². The zero-order chi connectivity index (χ0) is 17.9. The number of nitrogens with zero attached hydrogens (tertiary/aromatic N) is 4. The lowest BCUT2D eigenvalue weighted by Gasteiger charge is -2.31. The molecule has 3 heterocycles. The predicted octanol–water partition coefficient (Wildman–Crippen LogP) is 2.39. The third-order valence-corrected chi connectivity index (χ3v) is 4.89. The second kappa shape index (κ2) is 7.07. The Morgan fingerprint density at radius 1 is 1.15 bits per heavy atom. The van der Waals surface area contributed by atoms with Gasteiger partial charge in [0.05, 0.1) is 6.20 Å². The van der Waals surface area contributed by atoms with E-state index >= 15 is 0 Å². The minimum atomic E-state index is -0.109. The SMILES string of the molecule is O=C(Cc1ccccc1)C1CCCN(C(=O)c2cnn3cccnc23)C1. The van der Waals surface area contributed by atoms with Crippen LogP contribution >= 0.6 is 0 Å². The average Bonchev–Trinajstić information content (AvgIpc) is 3.12. The lowest BCUT2D eigenvalue weighted by molar-refractivity contribution is -0.123. The van der Waals surface area contributed by atoms with Crippen LogP contribution in [0.3, 0.4) is 0 Å². The Labute approximate surface area is 151 Å². The normalized spacial score (nSPS) is 17.4. The summed E-state index contributed by atoms with van der Waals surface area (Å²) in [5.74, 6) is -0.00898. The second-order valence-corrected chi connectivity index (χ2v) is 6.67. The highest BCUT2D eigenvalue weighted by molar-refractivity contribution is 6.00. The number of carbonyl (C=O) groups excluding carboxylic acids is 2. The molecule has 4 rings (SSSR count). The Morgan fingerprint density at radius 2 is 2.00 bits per heavy atom. The molecule has 0 spiro atoms. The van der Waals surface area contributed by atoms with E-state index in [-0.39, 0.29) is 17.6 Å². The van der Waals surface area contributed by atoms with Crippen LogP contribution in [0.25, 0.3) is 5.65 Å². The van der Waals surface area contributed by atoms with E-state index in [1.54, 1.807) is 34.1 Å². The number of carbonyl (C=O) groups is 2. The summed E-state index contributed by atoms with van der Waals surface area (Å²) in [5.41, 5.74) is 2.06. The third-order valence-electron chi connectivity index (χ3n) is 4.89. The van der Waals surface area contributed by atoms with E-state index in [0.717, 1.165) is 18.4 Å². The minimum absolute atomic E-state index is 0.101. The molecular weight excluding hydrogens is 328 g/mol. The van der Waals surface area contributed by atoms with Gasteiger partial charge in [0.2, 0.25) is 0 Å². The molecule has 2 aromatic heterocycles. The molecule has 1 atom stereocenters. The molecule has 6 nitrogen and oxygen atoms in total. The molecule has 1 aliphatic heterocycles. The molecule has 1 aromatic carbocycles. The fourth-order valence-corrected chi connectivity index (χ4v) is 3.51. The molecule has 1 fully saturated rings. The summed E-state index contributed by atoms with van der Waals surface area (Å²) < 4.78 is 1.59. The number of fused-ring (bicyclic) bond motifs is 1. The van der Waals surface area contributed by atoms with Crippen molar-refractivity contribution in [1.82, 2.24) is 19.5 Å². The van der Waals surface area contributed by atoms with E-state index in [1.807, 2.05) is 30.3 Å². The number of hydrogen-bond donors (Lipinski definition) is 0. The Morgan fingerprint density at radius 3 is 2.85 bits per heavy atom. The standard InChI is InChI=1S/C20H20N4O2/c25-18(12-15-6-2-1-3-7-15)16-8-4-10-23(14-16)20(26)17-13-22-24-11-5-9-21-19(17)24/h1-3,5-7,9,11,13,16H,4,8,10,12,14H2. The Hall–Kier alpha value is -3.02. The van der Waals surface area contributed by atoms with Crippen molar-refractivity contribution in [3.8, 4) is 0 Å². The summed E-state index contributed by atoms with van der Waals surface area (Å²) >= 11 is 0. The summed E-state index contributed by atoms with van der Waals surface area (Å²) in [6, 6.07) is 11.5. The van der Waals surface area contributed by atoms with Gasteiger partial charge in [0, 0.05) is 37.8 Å². The monoisotopic (exact) mass is 348 g/mol. The molecule has 0 bridgehead atoms. The topological polar surface area (TPSA) is 67.6 Å². The van der Waals surface area contributed by atoms with Crippen LogP contribution in [-0.2, 0) is 11.2 Å². The first kappa shape index (κ1) is 16.4. The van der Waals surface area contributed by atoms with Crippen molar-refractivity contribution in [2.45, 2.75) is 19.3 Å². The van der Waals surface area contributed by atoms with Gasteiger partial charge in [0.25, 0.3) is 5.91 Å². The van der Waals surface area contributed by atoms with Crippen molar-refractivity contribution in [2.75, 3.05) is 13.1 Å². The molecule has 26 heavy (non-hydrogen) atoms. The number of hydrogen-bond acceptors (Lipinski definition) is 4. The lowest BCUT2D eigenvalue weighted by Crippen LogP contribution is -2.42. The quantitative estimate of drug-likeness (QED) is 0.726. The maximum Gasteiger partial charge on any atom is 0.259 e. The van der Waals surface area contributed by atoms with E-state index in [9.17, 15) is 9.59 Å². The van der Waals surface area contributed by atoms with E-state index in [1.165, 1.54) is 0 Å². The number of Topliss-reactive ketones (excluding diaryl/α,β-unsaturated/α-hetero) is 1. The highest BCUT2D eigenvalue weighted by atomic mass is 16.2. The zero-order valence-electron chi connectivity index (χ0n) is 14.4. The smallest absolute Gasteiger partial charge is 0.259 e. The average molecular weight is 348 g/mol. The summed E-state index contributed by atoms with van der Waals surface area (Å²) in [6.45, 7) is 1.13. The number of rotatable bonds is 4. The maximum atomic E-state index is 12.9. The fourth-order valence-electron chi connectivity index (χ4n) is 3.51. The van der Waals surface area contributed by atoms with Crippen LogP contribution < -0.4 is 0 Å². The maximum absolute atomic E-state index is 12.9. The van der Waals surface area contributed by atoms with Gasteiger partial charge in [0.1, 0.15) is 11.3 Å². The molecular formula is C20H20N4O2. The Balaban J connectivity index is 1.48. The van der Waals surface area contributed by atoms with Crippen molar-refractivity contribution in [3.05, 3.63) is 66.1 Å². The molecule has 0 radical (unpaired) electrons. The second-order valence-electron chi connectivity index (χ2n) is 6.67. The highest BCUT2D eigenvalue weighted by Gasteiger charge is 2.30. The van der Waals surface area contributed by atoms with Crippen LogP contribution in [0.1, 0.15) is 28.8 Å². The largest absolute Gasteiger partial charge is 0.338 e. The first-order chi connectivity index (χ1) is 12.7. The highest BCUT2D eigenvalue weighted by Crippen LogP contribution is 2.22. The van der Waals surface area contributed by atoms with Crippen LogP contribution in [0.2, 0.25) is 0 Å². The molecule has 0 N–H and O–H groups in total. The van der Waals surface area contributed by atoms with Crippen LogP contribution in [0.4, 0.5) is 0 Å². The van der Waals surface area contributed by atoms with E-state index in [2.05, 4.69) is 10.1 Å². The van der Waals surface area contributed by atoms with Gasteiger partial charge in [-0.15, -0.1) is 0 Å². The number of ketones is 1. The Kier molecular flexibility index (Phi) is 4.48. The minimum Gasteiger partial charge on any atom is -0.338 e. The summed E-state index contributed by atoms with van der Waals surface area (Å²) in [4.78, 5) is 31.6. The van der Waals surface area contributed by atoms with Gasteiger partial charge in [-0.3, -0.25) is 9.59 Å². The zero-order valence-corrected chi connectivity index (χ0v) is 14.4. The van der Waals surface area contributed by atoms with Gasteiger partial charge < -0.3 is 4.90 Å². The molecule has 132 valence electrons. The lowest BCUT2D eigenvalue weighted by atomic mass is 9.90. The summed E-state index contributed by atoms with van der Waals surface area (Å²) in [6.07, 6.45) is 7.07. The molecule has 1 amide bonds. The van der Waals surface area contributed by atoms with Gasteiger partial charge in [0.15, 0.2) is 5.65 Å². The first-order valence-corrected chi connectivity index (χ1v) is 8.86. The van der Waals surface area contributed by atoms with E-state index in [0.29, 0.717) is 30.7 Å². The molecule has 1 aliphatic rings. The number of aromatic nitrogens is 3. The van der Waals surface area contributed by atoms with Gasteiger partial charge in [-0.05, 0) is 24.5 Å². The molecule has 0 aliphatic carbocycles. The van der Waals surface area contributed by atoms with Crippen molar-refractivity contribution < 1.29 is 9.59 Å². The number of amides is 1. The number of piperidine rings is 1. The van der Waals surface area contributed by atoms with Gasteiger partial charge in [-0.1, -0.05) is 30.3 Å². The fraction of sp³-hybridized carbons (Fsp3) is 0.300. The van der Waals surface area contributed by atoms with Gasteiger partial charge in [-0.25, -0.2) is 9.50 Å². The van der Waals surface area contributed by atoms with Crippen molar-refractivity contribution >= 4 is 17.3 Å². The molecule has 1 saturated heterocycles. The molecule has 0 saturated carbocycles. The predicted molar refractivity (Wildman–Crippen MR) is 96.8 cm³/mol. The van der Waals surface area contributed by atoms with Crippen molar-refractivity contribution in [3.63, 3.8) is 0 Å². The van der Waals surface area contributed by atoms with E-state index < -0.39 is 0 Å². The molecule has 6 heteroatoms. The number of likely N-dealkylation sites (tertiary alicyclic amines) is 1. The van der Waals surface area contributed by atoms with Gasteiger partial charge in [-0.2, -0.15) is 5.10 Å².